The van der Waals surface area contributed by atoms with Gasteiger partial charge in [-0.2, -0.15) is 0 Å². The molecular weight excluding hydrogens is 539 g/mol. The zero-order valence-electron chi connectivity index (χ0n) is 19.0. The summed E-state index contributed by atoms with van der Waals surface area (Å²) in [7, 11) is -3.31. The van der Waals surface area contributed by atoms with E-state index in [4.69, 9.17) is 23.2 Å². The van der Waals surface area contributed by atoms with Gasteiger partial charge < -0.3 is 5.32 Å². The number of ketones is 1. The molecule has 1 amide bonds. The molecule has 0 saturated carbocycles. The molecule has 6 nitrogen and oxygen atoms in total. The molecule has 184 valence electrons. The van der Waals surface area contributed by atoms with Crippen molar-refractivity contribution in [1.29, 1.82) is 0 Å². The number of rotatable bonds is 8. The standard InChI is InChI=1S/C26H20Cl2N2O4S2/c1-2-36(33,34)21-12-6-16(7-13-21)14-22(31)29-26-30-23(18-4-3-5-20(28)15-18)25(35-26)24(32)17-8-10-19(27)11-9-17/h3-13,15H,2,14H2,1H3,(H,29,30,31). The van der Waals surface area contributed by atoms with Crippen LogP contribution in [0.5, 0.6) is 0 Å². The molecule has 0 aliphatic carbocycles. The van der Waals surface area contributed by atoms with E-state index >= 15 is 0 Å². The van der Waals surface area contributed by atoms with E-state index in [1.165, 1.54) is 12.1 Å². The van der Waals surface area contributed by atoms with Crippen molar-refractivity contribution in [3.8, 4) is 11.3 Å². The third-order valence-electron chi connectivity index (χ3n) is 5.31. The van der Waals surface area contributed by atoms with Gasteiger partial charge in [0.05, 0.1) is 22.8 Å². The minimum atomic E-state index is -3.31. The van der Waals surface area contributed by atoms with E-state index in [0.717, 1.165) is 11.3 Å². The van der Waals surface area contributed by atoms with Crippen molar-refractivity contribution in [2.75, 3.05) is 11.1 Å². The molecule has 0 saturated heterocycles. The zero-order valence-corrected chi connectivity index (χ0v) is 22.1. The summed E-state index contributed by atoms with van der Waals surface area (Å²) in [5.41, 5.74) is 2.13. The Hall–Kier alpha value is -3.04. The molecule has 0 unspecified atom stereocenters. The van der Waals surface area contributed by atoms with Crippen LogP contribution in [0.3, 0.4) is 0 Å². The highest BCUT2D eigenvalue weighted by atomic mass is 35.5. The van der Waals surface area contributed by atoms with Crippen LogP contribution in [-0.2, 0) is 21.1 Å². The molecule has 0 aliphatic heterocycles. The fourth-order valence-electron chi connectivity index (χ4n) is 3.42. The van der Waals surface area contributed by atoms with Crippen molar-refractivity contribution in [2.24, 2.45) is 0 Å². The molecule has 0 aliphatic rings. The normalized spacial score (nSPS) is 11.3. The number of hydrogen-bond donors (Lipinski definition) is 1. The first kappa shape index (κ1) is 26.0. The second-order valence-corrected chi connectivity index (χ2v) is 12.0. The first-order chi connectivity index (χ1) is 17.2. The van der Waals surface area contributed by atoms with E-state index in [1.54, 1.807) is 67.6 Å². The average molecular weight is 559 g/mol. The zero-order chi connectivity index (χ0) is 25.9. The Morgan fingerprint density at radius 3 is 2.28 bits per heavy atom. The van der Waals surface area contributed by atoms with Crippen LogP contribution in [0.2, 0.25) is 10.0 Å². The highest BCUT2D eigenvalue weighted by molar-refractivity contribution is 7.91. The number of benzene rings is 3. The molecule has 0 atom stereocenters. The Kier molecular flexibility index (Phi) is 7.90. The molecule has 4 rings (SSSR count). The van der Waals surface area contributed by atoms with Crippen molar-refractivity contribution in [1.82, 2.24) is 4.98 Å². The van der Waals surface area contributed by atoms with Crippen LogP contribution in [0, 0.1) is 0 Å². The van der Waals surface area contributed by atoms with E-state index in [-0.39, 0.29) is 33.9 Å². The number of nitrogens with zero attached hydrogens (tertiary/aromatic N) is 1. The monoisotopic (exact) mass is 558 g/mol. The van der Waals surface area contributed by atoms with Gasteiger partial charge in [0, 0.05) is 21.2 Å². The topological polar surface area (TPSA) is 93.2 Å². The number of thiazole rings is 1. The summed E-state index contributed by atoms with van der Waals surface area (Å²) in [4.78, 5) is 31.1. The lowest BCUT2D eigenvalue weighted by Crippen LogP contribution is -2.14. The van der Waals surface area contributed by atoms with E-state index in [0.29, 0.717) is 37.3 Å². The Labute approximate surface area is 222 Å². The molecular formula is C26H20Cl2N2O4S2. The van der Waals surface area contributed by atoms with Crippen molar-refractivity contribution in [2.45, 2.75) is 18.2 Å². The van der Waals surface area contributed by atoms with Crippen LogP contribution in [0.25, 0.3) is 11.3 Å². The second-order valence-electron chi connectivity index (χ2n) is 7.82. The lowest BCUT2D eigenvalue weighted by atomic mass is 10.1. The van der Waals surface area contributed by atoms with Gasteiger partial charge in [-0.25, -0.2) is 13.4 Å². The number of hydrogen-bond acceptors (Lipinski definition) is 6. The van der Waals surface area contributed by atoms with Gasteiger partial charge in [0.1, 0.15) is 4.88 Å². The summed E-state index contributed by atoms with van der Waals surface area (Å²) in [6.07, 6.45) is 0.0129. The largest absolute Gasteiger partial charge is 0.302 e. The highest BCUT2D eigenvalue weighted by Crippen LogP contribution is 2.34. The molecule has 3 aromatic carbocycles. The number of halogens is 2. The average Bonchev–Trinajstić information content (AvgIpc) is 3.28. The summed E-state index contributed by atoms with van der Waals surface area (Å²) in [6.45, 7) is 1.58. The maximum Gasteiger partial charge on any atom is 0.230 e. The third kappa shape index (κ3) is 6.02. The van der Waals surface area contributed by atoms with Gasteiger partial charge in [-0.15, -0.1) is 0 Å². The molecule has 10 heteroatoms. The number of anilines is 1. The van der Waals surface area contributed by atoms with Gasteiger partial charge in [0.2, 0.25) is 11.7 Å². The van der Waals surface area contributed by atoms with Crippen LogP contribution in [0.15, 0.2) is 77.7 Å². The number of carbonyl (C=O) groups excluding carboxylic acids is 2. The maximum absolute atomic E-state index is 13.3. The van der Waals surface area contributed by atoms with Crippen LogP contribution in [-0.4, -0.2) is 30.8 Å². The highest BCUT2D eigenvalue weighted by Gasteiger charge is 2.22. The van der Waals surface area contributed by atoms with Crippen LogP contribution < -0.4 is 5.32 Å². The van der Waals surface area contributed by atoms with Crippen LogP contribution in [0.4, 0.5) is 5.13 Å². The Bertz CT molecular complexity index is 1530. The summed E-state index contributed by atoms with van der Waals surface area (Å²) in [5.74, 6) is -0.603. The van der Waals surface area contributed by atoms with Crippen molar-refractivity contribution in [3.63, 3.8) is 0 Å². The molecule has 0 spiro atoms. The first-order valence-electron chi connectivity index (χ1n) is 10.8. The third-order valence-corrected chi connectivity index (χ3v) is 8.52. The minimum absolute atomic E-state index is 0.00289. The molecule has 36 heavy (non-hydrogen) atoms. The van der Waals surface area contributed by atoms with Crippen molar-refractivity contribution in [3.05, 3.63) is 98.8 Å². The van der Waals surface area contributed by atoms with Gasteiger partial charge in [-0.3, -0.25) is 9.59 Å². The van der Waals surface area contributed by atoms with Crippen LogP contribution in [0.1, 0.15) is 27.7 Å². The molecule has 0 bridgehead atoms. The van der Waals surface area contributed by atoms with E-state index in [2.05, 4.69) is 10.3 Å². The lowest BCUT2D eigenvalue weighted by molar-refractivity contribution is -0.115. The molecule has 1 N–H and O–H groups in total. The summed E-state index contributed by atoms with van der Waals surface area (Å²) in [5, 5.41) is 4.02. The maximum atomic E-state index is 13.3. The van der Waals surface area contributed by atoms with Gasteiger partial charge >= 0.3 is 0 Å². The Morgan fingerprint density at radius 1 is 0.944 bits per heavy atom. The predicted molar refractivity (Wildman–Crippen MR) is 144 cm³/mol. The summed E-state index contributed by atoms with van der Waals surface area (Å²) >= 11 is 13.2. The van der Waals surface area contributed by atoms with E-state index in [9.17, 15) is 18.0 Å². The second kappa shape index (κ2) is 10.9. The molecule has 0 fully saturated rings. The fourth-order valence-corrected chi connectivity index (χ4v) is 5.59. The fraction of sp³-hybridized carbons (Fsp3) is 0.115. The van der Waals surface area contributed by atoms with Gasteiger partial charge in [0.15, 0.2) is 15.0 Å². The van der Waals surface area contributed by atoms with E-state index in [1.807, 2.05) is 0 Å². The van der Waals surface area contributed by atoms with Gasteiger partial charge in [0.25, 0.3) is 0 Å². The number of amides is 1. The van der Waals surface area contributed by atoms with Crippen molar-refractivity contribution >= 4 is 61.2 Å². The number of aromatic nitrogens is 1. The Morgan fingerprint density at radius 2 is 1.64 bits per heavy atom. The summed E-state index contributed by atoms with van der Waals surface area (Å²) in [6, 6.07) is 19.7. The van der Waals surface area contributed by atoms with Crippen LogP contribution >= 0.6 is 34.5 Å². The number of sulfone groups is 1. The molecule has 0 radical (unpaired) electrons. The first-order valence-corrected chi connectivity index (χ1v) is 14.1. The lowest BCUT2D eigenvalue weighted by Gasteiger charge is -2.04. The minimum Gasteiger partial charge on any atom is -0.302 e. The van der Waals surface area contributed by atoms with Crippen molar-refractivity contribution < 1.29 is 18.0 Å². The van der Waals surface area contributed by atoms with Gasteiger partial charge in [-0.1, -0.05) is 65.7 Å². The molecule has 1 heterocycles. The quantitative estimate of drug-likeness (QED) is 0.255. The smallest absolute Gasteiger partial charge is 0.230 e. The predicted octanol–water partition coefficient (Wildman–Crippen LogP) is 6.32. The summed E-state index contributed by atoms with van der Waals surface area (Å²) < 4.78 is 24.0. The molecule has 4 aromatic rings. The van der Waals surface area contributed by atoms with E-state index < -0.39 is 9.84 Å². The molecule has 1 aromatic heterocycles. The Balaban J connectivity index is 1.60. The SMILES string of the molecule is CCS(=O)(=O)c1ccc(CC(=O)Nc2nc(-c3cccc(Cl)c3)c(C(=O)c3ccc(Cl)cc3)s2)cc1. The van der Waals surface area contributed by atoms with Gasteiger partial charge in [-0.05, 0) is 54.1 Å². The number of nitrogens with one attached hydrogen (secondary N) is 1. The number of carbonyl (C=O) groups is 2.